The van der Waals surface area contributed by atoms with E-state index in [-0.39, 0.29) is 12.6 Å². The highest BCUT2D eigenvalue weighted by atomic mass is 19.4. The molecule has 0 bridgehead atoms. The van der Waals surface area contributed by atoms with Crippen LogP contribution >= 0.6 is 0 Å². The van der Waals surface area contributed by atoms with Crippen LogP contribution < -0.4 is 5.32 Å². The molecule has 0 aromatic heterocycles. The Hall–Kier alpha value is -1.31. The van der Waals surface area contributed by atoms with Crippen LogP contribution in [0.1, 0.15) is 19.8 Å². The van der Waals surface area contributed by atoms with E-state index < -0.39 is 30.5 Å². The summed E-state index contributed by atoms with van der Waals surface area (Å²) in [6, 6.07) is -0.133. The van der Waals surface area contributed by atoms with Gasteiger partial charge >= 0.3 is 12.1 Å². The van der Waals surface area contributed by atoms with Gasteiger partial charge in [-0.05, 0) is 26.3 Å². The molecule has 2 unspecified atom stereocenters. The number of aliphatic carboxylic acids is 1. The number of halogens is 3. The molecule has 0 saturated carbocycles. The van der Waals surface area contributed by atoms with Crippen molar-refractivity contribution in [1.82, 2.24) is 10.2 Å². The Bertz CT molecular complexity index is 347. The van der Waals surface area contributed by atoms with Crippen molar-refractivity contribution in [2.24, 2.45) is 5.92 Å². The topological polar surface area (TPSA) is 69.6 Å². The van der Waals surface area contributed by atoms with Crippen LogP contribution in [0.5, 0.6) is 0 Å². The smallest absolute Gasteiger partial charge is 0.405 e. The molecule has 0 radical (unpaired) electrons. The first-order valence-corrected chi connectivity index (χ1v) is 5.99. The van der Waals surface area contributed by atoms with Crippen molar-refractivity contribution in [2.75, 3.05) is 19.6 Å². The maximum atomic E-state index is 11.9. The van der Waals surface area contributed by atoms with Gasteiger partial charge in [0.2, 0.25) is 5.91 Å². The van der Waals surface area contributed by atoms with Crippen molar-refractivity contribution in [3.05, 3.63) is 0 Å². The second-order valence-electron chi connectivity index (χ2n) is 4.77. The Kier molecular flexibility index (Phi) is 5.16. The predicted molar refractivity (Wildman–Crippen MR) is 60.5 cm³/mol. The first-order valence-electron chi connectivity index (χ1n) is 5.99. The maximum Gasteiger partial charge on any atom is 0.405 e. The van der Waals surface area contributed by atoms with Crippen LogP contribution in [0.25, 0.3) is 0 Å². The number of carboxylic acids is 1. The van der Waals surface area contributed by atoms with Gasteiger partial charge in [0.25, 0.3) is 0 Å². The summed E-state index contributed by atoms with van der Waals surface area (Å²) >= 11 is 0. The number of hydrogen-bond donors (Lipinski definition) is 2. The highest BCUT2D eigenvalue weighted by Crippen LogP contribution is 2.22. The van der Waals surface area contributed by atoms with E-state index in [4.69, 9.17) is 5.11 Å². The van der Waals surface area contributed by atoms with Gasteiger partial charge in [-0.1, -0.05) is 0 Å². The third-order valence-electron chi connectivity index (χ3n) is 3.20. The van der Waals surface area contributed by atoms with E-state index in [0.29, 0.717) is 19.4 Å². The van der Waals surface area contributed by atoms with Gasteiger partial charge in [0.15, 0.2) is 0 Å². The number of nitrogens with zero attached hydrogens (tertiary/aromatic N) is 1. The molecular formula is C11H17F3N2O3. The van der Waals surface area contributed by atoms with E-state index in [9.17, 15) is 22.8 Å². The highest BCUT2D eigenvalue weighted by molar-refractivity contribution is 5.78. The molecule has 1 aliphatic rings. The summed E-state index contributed by atoms with van der Waals surface area (Å²) in [6.45, 7) is 0.694. The Labute approximate surface area is 108 Å². The molecule has 19 heavy (non-hydrogen) atoms. The van der Waals surface area contributed by atoms with E-state index >= 15 is 0 Å². The maximum absolute atomic E-state index is 11.9. The molecule has 0 aromatic rings. The van der Waals surface area contributed by atoms with Crippen LogP contribution in [0.3, 0.4) is 0 Å². The van der Waals surface area contributed by atoms with Crippen molar-refractivity contribution in [2.45, 2.75) is 32.0 Å². The third-order valence-corrected chi connectivity index (χ3v) is 3.20. The standard InChI is InChI=1S/C11H17F3N2O3/c1-7-4-8(10(18)19)2-3-16(7)5-9(17)15-6-11(12,13)14/h7-8H,2-6H2,1H3,(H,15,17)(H,18,19). The minimum atomic E-state index is -4.42. The number of nitrogens with one attached hydrogen (secondary N) is 1. The lowest BCUT2D eigenvalue weighted by molar-refractivity contribution is -0.145. The van der Waals surface area contributed by atoms with Crippen molar-refractivity contribution in [3.63, 3.8) is 0 Å². The summed E-state index contributed by atoms with van der Waals surface area (Å²) in [5.41, 5.74) is 0. The van der Waals surface area contributed by atoms with Crippen molar-refractivity contribution >= 4 is 11.9 Å². The molecular weight excluding hydrogens is 265 g/mol. The van der Waals surface area contributed by atoms with Crippen LogP contribution in [0.4, 0.5) is 13.2 Å². The Morgan fingerprint density at radius 2 is 2.05 bits per heavy atom. The van der Waals surface area contributed by atoms with Gasteiger partial charge in [-0.15, -0.1) is 0 Å². The Balaban J connectivity index is 2.38. The van der Waals surface area contributed by atoms with Crippen LogP contribution in [0, 0.1) is 5.92 Å². The van der Waals surface area contributed by atoms with E-state index in [2.05, 4.69) is 0 Å². The Morgan fingerprint density at radius 3 is 2.53 bits per heavy atom. The average Bonchev–Trinajstić information content (AvgIpc) is 2.28. The van der Waals surface area contributed by atoms with Gasteiger partial charge in [-0.2, -0.15) is 13.2 Å². The lowest BCUT2D eigenvalue weighted by Gasteiger charge is -2.35. The van der Waals surface area contributed by atoms with E-state index in [1.54, 1.807) is 17.1 Å². The fourth-order valence-corrected chi connectivity index (χ4v) is 2.12. The van der Waals surface area contributed by atoms with E-state index in [1.807, 2.05) is 0 Å². The molecule has 1 rings (SSSR count). The summed E-state index contributed by atoms with van der Waals surface area (Å²) in [5.74, 6) is -2.00. The predicted octanol–water partition coefficient (Wildman–Crippen LogP) is 0.850. The van der Waals surface area contributed by atoms with Crippen molar-refractivity contribution in [3.8, 4) is 0 Å². The molecule has 1 heterocycles. The van der Waals surface area contributed by atoms with Gasteiger partial charge in [-0.3, -0.25) is 14.5 Å². The van der Waals surface area contributed by atoms with Crippen LogP contribution in [-0.2, 0) is 9.59 Å². The number of amides is 1. The molecule has 0 aromatic carbocycles. The van der Waals surface area contributed by atoms with Gasteiger partial charge in [-0.25, -0.2) is 0 Å². The summed E-state index contributed by atoms with van der Waals surface area (Å²) in [6.07, 6.45) is -3.61. The number of carbonyl (C=O) groups is 2. The molecule has 5 nitrogen and oxygen atoms in total. The van der Waals surface area contributed by atoms with Gasteiger partial charge in [0.1, 0.15) is 6.54 Å². The monoisotopic (exact) mass is 282 g/mol. The number of hydrogen-bond acceptors (Lipinski definition) is 3. The zero-order valence-electron chi connectivity index (χ0n) is 10.5. The van der Waals surface area contributed by atoms with Crippen molar-refractivity contribution < 1.29 is 27.9 Å². The molecule has 0 spiro atoms. The molecule has 1 saturated heterocycles. The third kappa shape index (κ3) is 5.46. The zero-order chi connectivity index (χ0) is 14.6. The minimum absolute atomic E-state index is 0.133. The molecule has 0 aliphatic carbocycles. The molecule has 8 heteroatoms. The van der Waals surface area contributed by atoms with E-state index in [0.717, 1.165) is 0 Å². The van der Waals surface area contributed by atoms with Crippen LogP contribution in [0.15, 0.2) is 0 Å². The molecule has 1 amide bonds. The number of rotatable bonds is 4. The molecule has 1 aliphatic heterocycles. The number of likely N-dealkylation sites (tertiary alicyclic amines) is 1. The summed E-state index contributed by atoms with van der Waals surface area (Å²) < 4.78 is 35.8. The lowest BCUT2D eigenvalue weighted by Crippen LogP contribution is -2.48. The second-order valence-corrected chi connectivity index (χ2v) is 4.77. The van der Waals surface area contributed by atoms with Crippen LogP contribution in [-0.4, -0.2) is 53.7 Å². The first-order chi connectivity index (χ1) is 8.69. The summed E-state index contributed by atoms with van der Waals surface area (Å²) in [4.78, 5) is 23.9. The minimum Gasteiger partial charge on any atom is -0.481 e. The molecule has 1 fully saturated rings. The number of carbonyl (C=O) groups excluding carboxylic acids is 1. The quantitative estimate of drug-likeness (QED) is 0.802. The number of carboxylic acid groups (broad SMARTS) is 1. The highest BCUT2D eigenvalue weighted by Gasteiger charge is 2.32. The number of alkyl halides is 3. The second kappa shape index (κ2) is 6.23. The molecule has 2 atom stereocenters. The first kappa shape index (κ1) is 15.7. The van der Waals surface area contributed by atoms with Gasteiger partial charge < -0.3 is 10.4 Å². The normalized spacial score (nSPS) is 25.1. The molecule has 2 N–H and O–H groups in total. The van der Waals surface area contributed by atoms with Gasteiger partial charge in [0, 0.05) is 6.04 Å². The average molecular weight is 282 g/mol. The van der Waals surface area contributed by atoms with E-state index in [1.165, 1.54) is 0 Å². The molecule has 110 valence electrons. The Morgan fingerprint density at radius 1 is 1.42 bits per heavy atom. The largest absolute Gasteiger partial charge is 0.481 e. The SMILES string of the molecule is CC1CC(C(=O)O)CCN1CC(=O)NCC(F)(F)F. The van der Waals surface area contributed by atoms with Crippen LogP contribution in [0.2, 0.25) is 0 Å². The lowest BCUT2D eigenvalue weighted by atomic mass is 9.92. The number of piperidine rings is 1. The summed E-state index contributed by atoms with van der Waals surface area (Å²) in [7, 11) is 0. The van der Waals surface area contributed by atoms with Crippen molar-refractivity contribution in [1.29, 1.82) is 0 Å². The fraction of sp³-hybridized carbons (Fsp3) is 0.818. The summed E-state index contributed by atoms with van der Waals surface area (Å²) in [5, 5.41) is 10.7. The zero-order valence-corrected chi connectivity index (χ0v) is 10.5. The fourth-order valence-electron chi connectivity index (χ4n) is 2.12. The van der Waals surface area contributed by atoms with Gasteiger partial charge in [0.05, 0.1) is 12.5 Å².